The van der Waals surface area contributed by atoms with Gasteiger partial charge in [-0.05, 0) is 50.6 Å². The summed E-state index contributed by atoms with van der Waals surface area (Å²) in [6, 6.07) is 12.0. The van der Waals surface area contributed by atoms with Gasteiger partial charge in [-0.15, -0.1) is 0 Å². The molecule has 0 fully saturated rings. The van der Waals surface area contributed by atoms with Crippen LogP contribution in [0.5, 0.6) is 11.5 Å². The topological polar surface area (TPSA) is 94.5 Å². The molecular weight excluding hydrogens is 420 g/mol. The number of carbonyl (C=O) groups is 2. The lowest BCUT2D eigenvalue weighted by Crippen LogP contribution is -2.50. The zero-order valence-corrected chi connectivity index (χ0v) is 19.4. The molecule has 2 heterocycles. The molecule has 0 bridgehead atoms. The van der Waals surface area contributed by atoms with Crippen LogP contribution in [0.25, 0.3) is 0 Å². The quantitative estimate of drug-likeness (QED) is 0.603. The van der Waals surface area contributed by atoms with E-state index in [1.54, 1.807) is 31.0 Å². The van der Waals surface area contributed by atoms with Crippen LogP contribution < -0.4 is 20.1 Å². The number of benzene rings is 2. The molecule has 8 heteroatoms. The summed E-state index contributed by atoms with van der Waals surface area (Å²) >= 11 is 0. The molecule has 1 aliphatic rings. The predicted octanol–water partition coefficient (Wildman–Crippen LogP) is 3.33. The molecule has 4 rings (SSSR count). The molecule has 8 nitrogen and oxygen atoms in total. The number of aromatic nitrogens is 2. The summed E-state index contributed by atoms with van der Waals surface area (Å²) in [7, 11) is 3.36. The first-order valence-electron chi connectivity index (χ1n) is 10.9. The second-order valence-electron chi connectivity index (χ2n) is 8.10. The first kappa shape index (κ1) is 22.4. The van der Waals surface area contributed by atoms with Gasteiger partial charge in [-0.25, -0.2) is 0 Å². The third-order valence-electron chi connectivity index (χ3n) is 5.85. The number of hydrogen-bond acceptors (Lipinski definition) is 5. The highest BCUT2D eigenvalue weighted by Crippen LogP contribution is 2.41. The number of methoxy groups -OCH3 is 1. The van der Waals surface area contributed by atoms with Crippen molar-refractivity contribution < 1.29 is 19.1 Å². The fourth-order valence-corrected chi connectivity index (χ4v) is 4.38. The van der Waals surface area contributed by atoms with E-state index in [1.165, 1.54) is 0 Å². The lowest BCUT2D eigenvalue weighted by molar-refractivity contribution is -0.118. The average Bonchev–Trinajstić information content (AvgIpc) is 3.07. The van der Waals surface area contributed by atoms with Gasteiger partial charge in [-0.1, -0.05) is 23.8 Å². The van der Waals surface area contributed by atoms with E-state index >= 15 is 0 Å². The van der Waals surface area contributed by atoms with Crippen LogP contribution in [-0.2, 0) is 11.8 Å². The molecule has 2 N–H and O–H groups in total. The highest BCUT2D eigenvalue weighted by Gasteiger charge is 2.41. The van der Waals surface area contributed by atoms with E-state index in [4.69, 9.17) is 9.47 Å². The minimum absolute atomic E-state index is 0.302. The Hall–Kier alpha value is -3.81. The molecule has 0 saturated carbocycles. The van der Waals surface area contributed by atoms with Crippen molar-refractivity contribution in [1.82, 2.24) is 15.1 Å². The lowest BCUT2D eigenvalue weighted by atomic mass is 9.81. The summed E-state index contributed by atoms with van der Waals surface area (Å²) in [6.45, 7) is 6.22. The smallest absolute Gasteiger partial charge is 0.251 e. The Kier molecular flexibility index (Phi) is 6.09. The molecule has 1 aromatic heterocycles. The highest BCUT2D eigenvalue weighted by molar-refractivity contribution is 6.04. The molecule has 172 valence electrons. The average molecular weight is 449 g/mol. The third-order valence-corrected chi connectivity index (χ3v) is 5.85. The highest BCUT2D eigenvalue weighted by atomic mass is 16.5. The second-order valence-corrected chi connectivity index (χ2v) is 8.10. The van der Waals surface area contributed by atoms with E-state index < -0.39 is 12.0 Å². The molecule has 0 spiro atoms. The molecular formula is C25H28N4O4. The zero-order chi connectivity index (χ0) is 23.7. The lowest BCUT2D eigenvalue weighted by Gasteiger charge is -2.33. The number of nitrogens with zero attached hydrogens (tertiary/aromatic N) is 2. The summed E-state index contributed by atoms with van der Waals surface area (Å²) in [5, 5.41) is 10.4. The largest absolute Gasteiger partial charge is 0.493 e. The van der Waals surface area contributed by atoms with Crippen molar-refractivity contribution in [3.63, 3.8) is 0 Å². The summed E-state index contributed by atoms with van der Waals surface area (Å²) in [5.41, 5.74) is 3.92. The number of ether oxygens (including phenoxy) is 2. The summed E-state index contributed by atoms with van der Waals surface area (Å²) in [6.07, 6.45) is 0. The summed E-state index contributed by atoms with van der Waals surface area (Å²) < 4.78 is 12.9. The molecule has 0 saturated heterocycles. The van der Waals surface area contributed by atoms with Crippen LogP contribution in [-0.4, -0.2) is 41.4 Å². The first-order valence-corrected chi connectivity index (χ1v) is 10.9. The normalized spacial score (nSPS) is 17.2. The number of rotatable bonds is 6. The number of carbonyl (C=O) groups excluding carboxylic acids is 2. The van der Waals surface area contributed by atoms with E-state index in [9.17, 15) is 9.59 Å². The van der Waals surface area contributed by atoms with Gasteiger partial charge in [-0.3, -0.25) is 14.3 Å². The maximum absolute atomic E-state index is 13.2. The van der Waals surface area contributed by atoms with E-state index in [0.717, 1.165) is 22.4 Å². The van der Waals surface area contributed by atoms with Gasteiger partial charge in [0.15, 0.2) is 11.5 Å². The number of aryl methyl sites for hydroxylation is 3. The fourth-order valence-electron chi connectivity index (χ4n) is 4.38. The minimum atomic E-state index is -0.837. The van der Waals surface area contributed by atoms with Crippen LogP contribution in [0.15, 0.2) is 42.5 Å². The van der Waals surface area contributed by atoms with E-state index in [-0.39, 0.29) is 11.8 Å². The fraction of sp³-hybridized carbons (Fsp3) is 0.320. The van der Waals surface area contributed by atoms with Crippen LogP contribution >= 0.6 is 0 Å². The molecule has 2 atom stereocenters. The Bertz CT molecular complexity index is 1220. The second kappa shape index (κ2) is 8.97. The van der Waals surface area contributed by atoms with Gasteiger partial charge < -0.3 is 20.1 Å². The van der Waals surface area contributed by atoms with Crippen molar-refractivity contribution in [2.24, 2.45) is 7.05 Å². The van der Waals surface area contributed by atoms with Gasteiger partial charge in [0.25, 0.3) is 5.91 Å². The molecule has 0 aliphatic carbocycles. The van der Waals surface area contributed by atoms with Gasteiger partial charge in [-0.2, -0.15) is 5.10 Å². The van der Waals surface area contributed by atoms with Gasteiger partial charge >= 0.3 is 0 Å². The van der Waals surface area contributed by atoms with Crippen LogP contribution in [0, 0.1) is 13.8 Å². The number of fused-ring (bicyclic) bond motifs is 1. The molecule has 2 amide bonds. The maximum atomic E-state index is 13.2. The molecule has 1 aliphatic heterocycles. The van der Waals surface area contributed by atoms with Crippen molar-refractivity contribution in [2.75, 3.05) is 19.0 Å². The maximum Gasteiger partial charge on any atom is 0.251 e. The number of nitrogens with one attached hydrogen (secondary N) is 2. The van der Waals surface area contributed by atoms with Gasteiger partial charge in [0.05, 0.1) is 19.4 Å². The van der Waals surface area contributed by atoms with Crippen LogP contribution in [0.2, 0.25) is 0 Å². The van der Waals surface area contributed by atoms with Crippen molar-refractivity contribution >= 4 is 17.6 Å². The monoisotopic (exact) mass is 448 g/mol. The summed E-state index contributed by atoms with van der Waals surface area (Å²) in [4.78, 5) is 26.3. The van der Waals surface area contributed by atoms with Crippen molar-refractivity contribution in [3.8, 4) is 11.5 Å². The van der Waals surface area contributed by atoms with Gasteiger partial charge in [0.2, 0.25) is 5.91 Å². The minimum Gasteiger partial charge on any atom is -0.493 e. The third kappa shape index (κ3) is 4.16. The molecule has 0 unspecified atom stereocenters. The molecule has 2 aromatic carbocycles. The SMILES string of the molecule is CCOc1ccc([C@@H]2c3c(C)nn(C)c3NC(=O)[C@@H]2NC(=O)c2cccc(C)c2)cc1OC. The standard InChI is InChI=1S/C25H28N4O4/c1-6-33-18-11-10-16(13-19(18)32-5)21-20-15(3)28-29(4)23(20)27-25(31)22(21)26-24(30)17-9-7-8-14(2)12-17/h7-13,21-22H,6H2,1-5H3,(H,26,30)(H,27,31)/t21-,22-/m1/s1. The van der Waals surface area contributed by atoms with Crippen molar-refractivity contribution in [2.45, 2.75) is 32.7 Å². The number of anilines is 1. The Morgan fingerprint density at radius 1 is 1.18 bits per heavy atom. The van der Waals surface area contributed by atoms with Gasteiger partial charge in [0.1, 0.15) is 11.9 Å². The van der Waals surface area contributed by atoms with E-state index in [2.05, 4.69) is 15.7 Å². The number of hydrogen-bond donors (Lipinski definition) is 2. The van der Waals surface area contributed by atoms with Crippen molar-refractivity contribution in [3.05, 3.63) is 70.4 Å². The number of amides is 2. The van der Waals surface area contributed by atoms with Crippen LogP contribution in [0.1, 0.15) is 45.6 Å². The Labute approximate surface area is 192 Å². The van der Waals surface area contributed by atoms with Crippen LogP contribution in [0.3, 0.4) is 0 Å². The van der Waals surface area contributed by atoms with Crippen LogP contribution in [0.4, 0.5) is 5.82 Å². The van der Waals surface area contributed by atoms with E-state index in [0.29, 0.717) is 29.5 Å². The molecule has 3 aromatic rings. The molecule has 0 radical (unpaired) electrons. The Balaban J connectivity index is 1.80. The zero-order valence-electron chi connectivity index (χ0n) is 19.4. The van der Waals surface area contributed by atoms with E-state index in [1.807, 2.05) is 51.1 Å². The predicted molar refractivity (Wildman–Crippen MR) is 125 cm³/mol. The van der Waals surface area contributed by atoms with Gasteiger partial charge in [0, 0.05) is 24.1 Å². The Morgan fingerprint density at radius 3 is 2.67 bits per heavy atom. The Morgan fingerprint density at radius 2 is 1.97 bits per heavy atom. The molecule has 33 heavy (non-hydrogen) atoms. The first-order chi connectivity index (χ1) is 15.8. The van der Waals surface area contributed by atoms with Crippen molar-refractivity contribution in [1.29, 1.82) is 0 Å². The summed E-state index contributed by atoms with van der Waals surface area (Å²) in [5.74, 6) is 0.730.